The van der Waals surface area contributed by atoms with Crippen LogP contribution >= 0.6 is 15.9 Å². The summed E-state index contributed by atoms with van der Waals surface area (Å²) in [5, 5.41) is 15.4. The zero-order chi connectivity index (χ0) is 17.2. The molecule has 124 valence electrons. The number of aryl methyl sites for hydroxylation is 2. The van der Waals surface area contributed by atoms with Crippen molar-refractivity contribution in [1.82, 2.24) is 9.78 Å². The molecule has 0 saturated carbocycles. The molecule has 0 bridgehead atoms. The van der Waals surface area contributed by atoms with Crippen LogP contribution in [0.1, 0.15) is 16.8 Å². The number of rotatable bonds is 6. The fourth-order valence-electron chi connectivity index (χ4n) is 2.13. The highest BCUT2D eigenvalue weighted by atomic mass is 79.9. The molecule has 10 heteroatoms. The second-order valence-corrected chi connectivity index (χ2v) is 7.41. The van der Waals surface area contributed by atoms with Crippen molar-refractivity contribution < 1.29 is 17.9 Å². The lowest BCUT2D eigenvalue weighted by molar-refractivity contribution is -0.385. The van der Waals surface area contributed by atoms with Crippen molar-refractivity contribution in [3.63, 3.8) is 0 Å². The molecule has 0 amide bonds. The Morgan fingerprint density at radius 1 is 1.39 bits per heavy atom. The van der Waals surface area contributed by atoms with E-state index >= 15 is 0 Å². The number of halogens is 1. The molecule has 1 aromatic heterocycles. The zero-order valence-electron chi connectivity index (χ0n) is 12.1. The summed E-state index contributed by atoms with van der Waals surface area (Å²) in [4.78, 5) is 10.6. The molecule has 0 aliphatic rings. The van der Waals surface area contributed by atoms with Gasteiger partial charge in [0.25, 0.3) is 15.8 Å². The minimum absolute atomic E-state index is 0.123. The van der Waals surface area contributed by atoms with E-state index in [1.54, 1.807) is 10.7 Å². The van der Waals surface area contributed by atoms with Crippen LogP contribution in [0.15, 0.2) is 28.9 Å². The molecular formula is C13H14BrN3O5S. The Bertz CT molecular complexity index is 847. The quantitative estimate of drug-likeness (QED) is 0.449. The summed E-state index contributed by atoms with van der Waals surface area (Å²) in [6.07, 6.45) is -0.123. The molecule has 1 N–H and O–H groups in total. The van der Waals surface area contributed by atoms with E-state index in [0.29, 0.717) is 16.7 Å². The summed E-state index contributed by atoms with van der Waals surface area (Å²) >= 11 is 3.26. The Morgan fingerprint density at radius 3 is 2.61 bits per heavy atom. The standard InChI is InChI=1S/C13H14BrN3O5S/c1-9-6-13(14)15-16(9)8-10-2-3-11(4-5-23(20,21)22)12(7-10)17(18)19/h2-3,6-7H,4-5,8H2,1H3,(H,20,21,22). The van der Waals surface area contributed by atoms with Crippen molar-refractivity contribution in [2.45, 2.75) is 19.9 Å². The summed E-state index contributed by atoms with van der Waals surface area (Å²) in [6, 6.07) is 6.41. The summed E-state index contributed by atoms with van der Waals surface area (Å²) in [6.45, 7) is 2.23. The van der Waals surface area contributed by atoms with Crippen LogP contribution in [0.25, 0.3) is 0 Å². The highest BCUT2D eigenvalue weighted by molar-refractivity contribution is 9.10. The molecule has 0 radical (unpaired) electrons. The van der Waals surface area contributed by atoms with Crippen molar-refractivity contribution in [1.29, 1.82) is 0 Å². The molecule has 0 unspecified atom stereocenters. The van der Waals surface area contributed by atoms with Gasteiger partial charge in [0.15, 0.2) is 0 Å². The molecule has 0 saturated heterocycles. The molecule has 0 aliphatic heterocycles. The predicted molar refractivity (Wildman–Crippen MR) is 87.0 cm³/mol. The third kappa shape index (κ3) is 4.85. The van der Waals surface area contributed by atoms with E-state index in [9.17, 15) is 18.5 Å². The molecule has 1 aromatic carbocycles. The SMILES string of the molecule is Cc1cc(Br)nn1Cc1ccc(CCS(=O)(=O)O)c([N+](=O)[O-])c1. The lowest BCUT2D eigenvalue weighted by atomic mass is 10.1. The smallest absolute Gasteiger partial charge is 0.272 e. The minimum Gasteiger partial charge on any atom is -0.286 e. The van der Waals surface area contributed by atoms with Crippen LogP contribution in [-0.4, -0.2) is 33.4 Å². The van der Waals surface area contributed by atoms with E-state index in [0.717, 1.165) is 5.69 Å². The molecule has 23 heavy (non-hydrogen) atoms. The third-order valence-corrected chi connectivity index (χ3v) is 4.37. The van der Waals surface area contributed by atoms with E-state index < -0.39 is 20.8 Å². The van der Waals surface area contributed by atoms with Gasteiger partial charge in [-0.3, -0.25) is 19.3 Å². The van der Waals surface area contributed by atoms with Gasteiger partial charge >= 0.3 is 0 Å². The van der Waals surface area contributed by atoms with E-state index in [-0.39, 0.29) is 17.7 Å². The predicted octanol–water partition coefficient (Wildman–Crippen LogP) is 2.34. The molecule has 0 spiro atoms. The van der Waals surface area contributed by atoms with Crippen molar-refractivity contribution in [3.8, 4) is 0 Å². The number of hydrogen-bond acceptors (Lipinski definition) is 5. The van der Waals surface area contributed by atoms with Gasteiger partial charge in [0.1, 0.15) is 4.60 Å². The number of nitro benzene ring substituents is 1. The molecule has 1 heterocycles. The van der Waals surface area contributed by atoms with E-state index in [1.165, 1.54) is 12.1 Å². The summed E-state index contributed by atoms with van der Waals surface area (Å²) in [5.41, 5.74) is 1.66. The van der Waals surface area contributed by atoms with Gasteiger partial charge in [-0.15, -0.1) is 0 Å². The fourth-order valence-corrected chi connectivity index (χ4v) is 3.13. The normalized spacial score (nSPS) is 11.6. The Balaban J connectivity index is 2.28. The summed E-state index contributed by atoms with van der Waals surface area (Å²) in [5.74, 6) is -0.557. The summed E-state index contributed by atoms with van der Waals surface area (Å²) in [7, 11) is -4.17. The average Bonchev–Trinajstić information content (AvgIpc) is 2.74. The van der Waals surface area contributed by atoms with Gasteiger partial charge in [-0.1, -0.05) is 12.1 Å². The Hall–Kier alpha value is -1.78. The number of nitrogens with zero attached hydrogens (tertiary/aromatic N) is 3. The number of hydrogen-bond donors (Lipinski definition) is 1. The maximum Gasteiger partial charge on any atom is 0.272 e. The first-order chi connectivity index (χ1) is 10.7. The minimum atomic E-state index is -4.17. The van der Waals surface area contributed by atoms with Crippen LogP contribution in [0.3, 0.4) is 0 Å². The van der Waals surface area contributed by atoms with Gasteiger partial charge in [0.2, 0.25) is 0 Å². The van der Waals surface area contributed by atoms with Crippen molar-refractivity contribution >= 4 is 31.7 Å². The first-order valence-electron chi connectivity index (χ1n) is 6.57. The van der Waals surface area contributed by atoms with Crippen LogP contribution in [0.4, 0.5) is 5.69 Å². The second kappa shape index (κ2) is 6.77. The lowest BCUT2D eigenvalue weighted by Gasteiger charge is -2.07. The van der Waals surface area contributed by atoms with E-state index in [2.05, 4.69) is 21.0 Å². The second-order valence-electron chi connectivity index (χ2n) is 5.02. The first-order valence-corrected chi connectivity index (χ1v) is 8.97. The van der Waals surface area contributed by atoms with Crippen LogP contribution < -0.4 is 0 Å². The Labute approximate surface area is 141 Å². The lowest BCUT2D eigenvalue weighted by Crippen LogP contribution is -2.09. The molecular weight excluding hydrogens is 390 g/mol. The number of benzene rings is 1. The highest BCUT2D eigenvalue weighted by Gasteiger charge is 2.17. The fraction of sp³-hybridized carbons (Fsp3) is 0.308. The van der Waals surface area contributed by atoms with Crippen molar-refractivity contribution in [3.05, 3.63) is 55.8 Å². The van der Waals surface area contributed by atoms with Crippen LogP contribution in [0.5, 0.6) is 0 Å². The maximum atomic E-state index is 11.2. The van der Waals surface area contributed by atoms with Crippen molar-refractivity contribution in [2.75, 3.05) is 5.75 Å². The van der Waals surface area contributed by atoms with Gasteiger partial charge in [-0.2, -0.15) is 13.5 Å². The molecule has 0 atom stereocenters. The maximum absolute atomic E-state index is 11.2. The van der Waals surface area contributed by atoms with Crippen molar-refractivity contribution in [2.24, 2.45) is 0 Å². The first kappa shape index (κ1) is 17.6. The summed E-state index contributed by atoms with van der Waals surface area (Å²) < 4.78 is 32.8. The Morgan fingerprint density at radius 2 is 2.09 bits per heavy atom. The van der Waals surface area contributed by atoms with Crippen LogP contribution in [0, 0.1) is 17.0 Å². The zero-order valence-corrected chi connectivity index (χ0v) is 14.5. The molecule has 0 fully saturated rings. The molecule has 2 rings (SSSR count). The van der Waals surface area contributed by atoms with Gasteiger partial charge in [0, 0.05) is 17.3 Å². The third-order valence-electron chi connectivity index (χ3n) is 3.26. The number of aromatic nitrogens is 2. The average molecular weight is 404 g/mol. The van der Waals surface area contributed by atoms with Crippen LogP contribution in [-0.2, 0) is 23.1 Å². The largest absolute Gasteiger partial charge is 0.286 e. The monoisotopic (exact) mass is 403 g/mol. The van der Waals surface area contributed by atoms with Gasteiger partial charge < -0.3 is 0 Å². The molecule has 8 nitrogen and oxygen atoms in total. The van der Waals surface area contributed by atoms with Gasteiger partial charge in [-0.25, -0.2) is 0 Å². The van der Waals surface area contributed by atoms with Gasteiger partial charge in [0.05, 0.1) is 17.2 Å². The topological polar surface area (TPSA) is 115 Å². The van der Waals surface area contributed by atoms with E-state index in [1.807, 2.05) is 13.0 Å². The van der Waals surface area contributed by atoms with E-state index in [4.69, 9.17) is 4.55 Å². The van der Waals surface area contributed by atoms with Gasteiger partial charge in [-0.05, 0) is 40.9 Å². The Kier molecular flexibility index (Phi) is 5.17. The molecule has 0 aliphatic carbocycles. The molecule has 2 aromatic rings. The highest BCUT2D eigenvalue weighted by Crippen LogP contribution is 2.22. The number of nitro groups is 1. The van der Waals surface area contributed by atoms with Crippen LogP contribution in [0.2, 0.25) is 0 Å².